The smallest absolute Gasteiger partial charge is 0.319 e. The number of benzene rings is 1. The average molecular weight is 379 g/mol. The molecule has 140 valence electrons. The number of hydrogen-bond acceptors (Lipinski definition) is 5. The highest BCUT2D eigenvalue weighted by molar-refractivity contribution is 7.88. The Morgan fingerprint density at radius 1 is 1.35 bits per heavy atom. The molecule has 1 aliphatic heterocycles. The molecule has 10 heteroatoms. The van der Waals surface area contributed by atoms with Gasteiger partial charge in [0, 0.05) is 32.0 Å². The predicted molar refractivity (Wildman–Crippen MR) is 96.7 cm³/mol. The van der Waals surface area contributed by atoms with Crippen LogP contribution in [0.1, 0.15) is 0 Å². The van der Waals surface area contributed by atoms with Crippen LogP contribution in [0.2, 0.25) is 0 Å². The lowest BCUT2D eigenvalue weighted by molar-refractivity contribution is 0.00167. The molecular formula is C16H21N5O4S. The van der Waals surface area contributed by atoms with Crippen molar-refractivity contribution in [2.75, 3.05) is 37.8 Å². The summed E-state index contributed by atoms with van der Waals surface area (Å²) in [4.78, 5) is 12.2. The first kappa shape index (κ1) is 18.4. The molecule has 0 saturated carbocycles. The summed E-state index contributed by atoms with van der Waals surface area (Å²) in [6, 6.07) is 8.69. The summed E-state index contributed by atoms with van der Waals surface area (Å²) in [5.41, 5.74) is 1.35. The largest absolute Gasteiger partial charge is 0.374 e. The third-order valence-electron chi connectivity index (χ3n) is 3.96. The van der Waals surface area contributed by atoms with Crippen LogP contribution in [-0.4, -0.2) is 67.1 Å². The average Bonchev–Trinajstić information content (AvgIpc) is 3.14. The summed E-state index contributed by atoms with van der Waals surface area (Å²) < 4.78 is 31.8. The Hall–Kier alpha value is -2.43. The number of carbonyl (C=O) groups is 1. The van der Waals surface area contributed by atoms with Crippen LogP contribution in [0.15, 0.2) is 42.7 Å². The van der Waals surface area contributed by atoms with E-state index in [2.05, 4.69) is 15.7 Å². The number of para-hydroxylation sites is 2. The molecule has 1 fully saturated rings. The molecule has 0 radical (unpaired) electrons. The summed E-state index contributed by atoms with van der Waals surface area (Å²) >= 11 is 0. The molecule has 1 aromatic heterocycles. The highest BCUT2D eigenvalue weighted by Gasteiger charge is 2.26. The number of amides is 2. The second-order valence-corrected chi connectivity index (χ2v) is 7.90. The SMILES string of the molecule is CS(=O)(=O)N1CCO[C@@H](CNC(=O)Nc2ccccc2-n2cccn2)C1. The van der Waals surface area contributed by atoms with Gasteiger partial charge >= 0.3 is 6.03 Å². The van der Waals surface area contributed by atoms with Crippen LogP contribution in [0.25, 0.3) is 5.69 Å². The van der Waals surface area contributed by atoms with Crippen LogP contribution in [0, 0.1) is 0 Å². The van der Waals surface area contributed by atoms with E-state index in [9.17, 15) is 13.2 Å². The molecule has 0 aliphatic carbocycles. The van der Waals surface area contributed by atoms with Gasteiger partial charge in [-0.15, -0.1) is 0 Å². The molecule has 3 rings (SSSR count). The molecule has 2 amide bonds. The number of nitrogens with zero attached hydrogens (tertiary/aromatic N) is 3. The van der Waals surface area contributed by atoms with Crippen LogP contribution in [0.4, 0.5) is 10.5 Å². The zero-order valence-corrected chi connectivity index (χ0v) is 15.1. The minimum Gasteiger partial charge on any atom is -0.374 e. The molecule has 1 atom stereocenters. The van der Waals surface area contributed by atoms with Gasteiger partial charge in [0.1, 0.15) is 0 Å². The van der Waals surface area contributed by atoms with Gasteiger partial charge in [0.15, 0.2) is 0 Å². The van der Waals surface area contributed by atoms with E-state index in [-0.39, 0.29) is 19.2 Å². The summed E-state index contributed by atoms with van der Waals surface area (Å²) in [6.45, 7) is 1.08. The standard InChI is InChI=1S/C16H21N5O4S/c1-26(23,24)20-9-10-25-13(12-20)11-17-16(22)19-14-5-2-3-6-15(14)21-8-4-7-18-21/h2-8,13H,9-12H2,1H3,(H2,17,19,22)/t13-/m0/s1. The number of anilines is 1. The first-order chi connectivity index (χ1) is 12.4. The van der Waals surface area contributed by atoms with Gasteiger partial charge in [-0.3, -0.25) is 0 Å². The number of nitrogens with one attached hydrogen (secondary N) is 2. The van der Waals surface area contributed by atoms with Crippen LogP contribution in [0.3, 0.4) is 0 Å². The van der Waals surface area contributed by atoms with Crippen LogP contribution >= 0.6 is 0 Å². The van der Waals surface area contributed by atoms with E-state index in [0.29, 0.717) is 18.8 Å². The third kappa shape index (κ3) is 4.59. The van der Waals surface area contributed by atoms with Gasteiger partial charge < -0.3 is 15.4 Å². The van der Waals surface area contributed by atoms with Gasteiger partial charge in [-0.25, -0.2) is 17.9 Å². The van der Waals surface area contributed by atoms with Crippen LogP contribution in [-0.2, 0) is 14.8 Å². The Morgan fingerprint density at radius 2 is 2.15 bits per heavy atom. The van der Waals surface area contributed by atoms with E-state index in [1.54, 1.807) is 29.2 Å². The van der Waals surface area contributed by atoms with Crippen LogP contribution in [0.5, 0.6) is 0 Å². The summed E-state index contributed by atoms with van der Waals surface area (Å²) in [5, 5.41) is 9.67. The van der Waals surface area contributed by atoms with Gasteiger partial charge in [-0.2, -0.15) is 9.40 Å². The number of rotatable bonds is 5. The number of carbonyl (C=O) groups excluding carboxylic acids is 1. The molecule has 2 heterocycles. The number of hydrogen-bond donors (Lipinski definition) is 2. The topological polar surface area (TPSA) is 106 Å². The van der Waals surface area contributed by atoms with Crippen molar-refractivity contribution < 1.29 is 17.9 Å². The van der Waals surface area contributed by atoms with Crippen molar-refractivity contribution in [2.45, 2.75) is 6.10 Å². The molecule has 0 bridgehead atoms. The quantitative estimate of drug-likeness (QED) is 0.794. The summed E-state index contributed by atoms with van der Waals surface area (Å²) in [5.74, 6) is 0. The van der Waals surface area contributed by atoms with Crippen molar-refractivity contribution in [1.82, 2.24) is 19.4 Å². The fraction of sp³-hybridized carbons (Fsp3) is 0.375. The molecule has 2 aromatic rings. The fourth-order valence-corrected chi connectivity index (χ4v) is 3.52. The zero-order chi connectivity index (χ0) is 18.6. The lowest BCUT2D eigenvalue weighted by atomic mass is 10.2. The molecule has 0 spiro atoms. The van der Waals surface area contributed by atoms with Gasteiger partial charge in [0.05, 0.1) is 30.3 Å². The predicted octanol–water partition coefficient (Wildman–Crippen LogP) is 0.654. The normalized spacial score (nSPS) is 18.4. The van der Waals surface area contributed by atoms with E-state index >= 15 is 0 Å². The maximum Gasteiger partial charge on any atom is 0.319 e. The summed E-state index contributed by atoms with van der Waals surface area (Å²) in [7, 11) is -3.26. The third-order valence-corrected chi connectivity index (χ3v) is 5.23. The molecule has 1 aliphatic rings. The molecule has 9 nitrogen and oxygen atoms in total. The second-order valence-electron chi connectivity index (χ2n) is 5.92. The Kier molecular flexibility index (Phi) is 5.55. The molecular weight excluding hydrogens is 358 g/mol. The number of sulfonamides is 1. The fourth-order valence-electron chi connectivity index (χ4n) is 2.68. The lowest BCUT2D eigenvalue weighted by Crippen LogP contribution is -2.49. The summed E-state index contributed by atoms with van der Waals surface area (Å²) in [6.07, 6.45) is 4.23. The van der Waals surface area contributed by atoms with E-state index in [1.807, 2.05) is 18.2 Å². The van der Waals surface area contributed by atoms with Gasteiger partial charge in [-0.05, 0) is 18.2 Å². The Labute approximate surface area is 152 Å². The highest BCUT2D eigenvalue weighted by Crippen LogP contribution is 2.18. The number of morpholine rings is 1. The monoisotopic (exact) mass is 379 g/mol. The van der Waals surface area contributed by atoms with Crippen molar-refractivity contribution in [3.8, 4) is 5.69 Å². The van der Waals surface area contributed by atoms with Gasteiger partial charge in [0.25, 0.3) is 0 Å². The second kappa shape index (κ2) is 7.85. The van der Waals surface area contributed by atoms with Gasteiger partial charge in [-0.1, -0.05) is 12.1 Å². The zero-order valence-electron chi connectivity index (χ0n) is 14.3. The Morgan fingerprint density at radius 3 is 2.88 bits per heavy atom. The maximum atomic E-state index is 12.2. The first-order valence-electron chi connectivity index (χ1n) is 8.14. The van der Waals surface area contributed by atoms with Crippen molar-refractivity contribution >= 4 is 21.7 Å². The molecule has 26 heavy (non-hydrogen) atoms. The number of ether oxygens (including phenoxy) is 1. The van der Waals surface area contributed by atoms with Gasteiger partial charge in [0.2, 0.25) is 10.0 Å². The van der Waals surface area contributed by atoms with E-state index in [1.165, 1.54) is 10.6 Å². The van der Waals surface area contributed by atoms with Crippen molar-refractivity contribution in [1.29, 1.82) is 0 Å². The molecule has 2 N–H and O–H groups in total. The minimum absolute atomic E-state index is 0.210. The van der Waals surface area contributed by atoms with Crippen molar-refractivity contribution in [2.24, 2.45) is 0 Å². The van der Waals surface area contributed by atoms with E-state index in [0.717, 1.165) is 5.69 Å². The lowest BCUT2D eigenvalue weighted by Gasteiger charge is -2.31. The highest BCUT2D eigenvalue weighted by atomic mass is 32.2. The van der Waals surface area contributed by atoms with Crippen LogP contribution < -0.4 is 10.6 Å². The molecule has 1 saturated heterocycles. The molecule has 1 aromatic carbocycles. The Balaban J connectivity index is 1.57. The first-order valence-corrected chi connectivity index (χ1v) is 9.99. The Bertz CT molecular complexity index is 853. The number of urea groups is 1. The number of aromatic nitrogens is 2. The minimum atomic E-state index is -3.26. The van der Waals surface area contributed by atoms with E-state index in [4.69, 9.17) is 4.74 Å². The van der Waals surface area contributed by atoms with Crippen molar-refractivity contribution in [3.05, 3.63) is 42.7 Å². The maximum absolute atomic E-state index is 12.2. The van der Waals surface area contributed by atoms with E-state index < -0.39 is 16.1 Å². The van der Waals surface area contributed by atoms with Crippen molar-refractivity contribution in [3.63, 3.8) is 0 Å². The molecule has 0 unspecified atom stereocenters.